The molecule has 1 aliphatic carbocycles. The number of sulfonamides is 1. The molecule has 0 aliphatic heterocycles. The molecule has 8 nitrogen and oxygen atoms in total. The Hall–Kier alpha value is -1.27. The van der Waals surface area contributed by atoms with Crippen LogP contribution < -0.4 is 24.8 Å². The molecule has 0 spiro atoms. The maximum atomic E-state index is 11.5. The zero-order valence-corrected chi connectivity index (χ0v) is 22.1. The third-order valence-electron chi connectivity index (χ3n) is 5.74. The van der Waals surface area contributed by atoms with Crippen LogP contribution in [-0.4, -0.2) is 61.0 Å². The van der Waals surface area contributed by atoms with Crippen molar-refractivity contribution in [3.8, 4) is 11.5 Å². The first-order valence-electron chi connectivity index (χ1n) is 10.5. The number of benzene rings is 1. The van der Waals surface area contributed by atoms with Crippen LogP contribution >= 0.6 is 24.0 Å². The van der Waals surface area contributed by atoms with E-state index >= 15 is 0 Å². The lowest BCUT2D eigenvalue weighted by molar-refractivity contribution is 0.288. The lowest BCUT2D eigenvalue weighted by Gasteiger charge is -2.38. The van der Waals surface area contributed by atoms with Crippen LogP contribution in [-0.2, 0) is 15.4 Å². The largest absolute Gasteiger partial charge is 0.493 e. The quantitative estimate of drug-likeness (QED) is 0.174. The van der Waals surface area contributed by atoms with Crippen LogP contribution in [0.1, 0.15) is 44.6 Å². The molecule has 0 heterocycles. The SMILES string of the molecule is CCS(=O)(=O)NCCNC(=NC)NCC1(c2ccc(OC)c(OC)c2)CCCCC1.I. The highest BCUT2D eigenvalue weighted by atomic mass is 127. The highest BCUT2D eigenvalue weighted by molar-refractivity contribution is 14.0. The van der Waals surface area contributed by atoms with Gasteiger partial charge in [0.1, 0.15) is 0 Å². The highest BCUT2D eigenvalue weighted by Crippen LogP contribution is 2.42. The van der Waals surface area contributed by atoms with Gasteiger partial charge in [0, 0.05) is 32.1 Å². The van der Waals surface area contributed by atoms with Gasteiger partial charge in [-0.2, -0.15) is 0 Å². The summed E-state index contributed by atoms with van der Waals surface area (Å²) < 4.78 is 36.5. The maximum Gasteiger partial charge on any atom is 0.211 e. The molecular weight excluding hydrogens is 531 g/mol. The summed E-state index contributed by atoms with van der Waals surface area (Å²) in [5.74, 6) is 2.21. The van der Waals surface area contributed by atoms with Crippen LogP contribution in [0.15, 0.2) is 23.2 Å². The monoisotopic (exact) mass is 568 g/mol. The third-order valence-corrected chi connectivity index (χ3v) is 7.15. The molecule has 3 N–H and O–H groups in total. The number of nitrogens with one attached hydrogen (secondary N) is 3. The normalized spacial score (nSPS) is 16.2. The van der Waals surface area contributed by atoms with Gasteiger partial charge < -0.3 is 20.1 Å². The summed E-state index contributed by atoms with van der Waals surface area (Å²) in [7, 11) is 1.84. The first kappa shape index (κ1) is 27.8. The summed E-state index contributed by atoms with van der Waals surface area (Å²) in [6, 6.07) is 6.18. The summed E-state index contributed by atoms with van der Waals surface area (Å²) in [5, 5.41) is 6.63. The van der Waals surface area contributed by atoms with E-state index in [2.05, 4.69) is 32.5 Å². The van der Waals surface area contributed by atoms with Crippen molar-refractivity contribution >= 4 is 40.0 Å². The number of guanidine groups is 1. The van der Waals surface area contributed by atoms with E-state index in [1.165, 1.54) is 24.8 Å². The molecular formula is C21H37IN4O4S. The number of methoxy groups -OCH3 is 2. The van der Waals surface area contributed by atoms with Crippen LogP contribution in [0.5, 0.6) is 11.5 Å². The summed E-state index contributed by atoms with van der Waals surface area (Å²) in [6.45, 7) is 3.14. The zero-order chi connectivity index (χ0) is 22.0. The molecule has 1 aliphatic rings. The predicted molar refractivity (Wildman–Crippen MR) is 137 cm³/mol. The predicted octanol–water partition coefficient (Wildman–Crippen LogP) is 2.63. The molecule has 31 heavy (non-hydrogen) atoms. The number of ether oxygens (including phenoxy) is 2. The van der Waals surface area contributed by atoms with Gasteiger partial charge in [-0.05, 0) is 37.5 Å². The van der Waals surface area contributed by atoms with Gasteiger partial charge in [-0.15, -0.1) is 24.0 Å². The molecule has 0 aromatic heterocycles. The van der Waals surface area contributed by atoms with E-state index in [0.29, 0.717) is 19.0 Å². The smallest absolute Gasteiger partial charge is 0.211 e. The Bertz CT molecular complexity index is 812. The molecule has 0 saturated heterocycles. The second-order valence-electron chi connectivity index (χ2n) is 7.56. The minimum Gasteiger partial charge on any atom is -0.493 e. The Morgan fingerprint density at radius 1 is 1.06 bits per heavy atom. The van der Waals surface area contributed by atoms with Gasteiger partial charge in [-0.3, -0.25) is 4.99 Å². The van der Waals surface area contributed by atoms with E-state index in [0.717, 1.165) is 30.9 Å². The Morgan fingerprint density at radius 2 is 1.74 bits per heavy atom. The maximum absolute atomic E-state index is 11.5. The van der Waals surface area contributed by atoms with Gasteiger partial charge in [0.2, 0.25) is 10.0 Å². The standard InChI is InChI=1S/C21H36N4O4S.HI/c1-5-30(26,27)25-14-13-23-20(22-2)24-16-21(11-7-6-8-12-21)17-9-10-18(28-3)19(15-17)29-4;/h9-10,15,25H,5-8,11-14,16H2,1-4H3,(H2,22,23,24);1H. The van der Waals surface area contributed by atoms with Crippen LogP contribution in [0.2, 0.25) is 0 Å². The van der Waals surface area contributed by atoms with Crippen LogP contribution in [0.4, 0.5) is 0 Å². The van der Waals surface area contributed by atoms with E-state index < -0.39 is 10.0 Å². The van der Waals surface area contributed by atoms with E-state index in [9.17, 15) is 8.42 Å². The molecule has 0 amide bonds. The Kier molecular flexibility index (Phi) is 11.9. The average molecular weight is 569 g/mol. The molecule has 0 unspecified atom stereocenters. The first-order valence-corrected chi connectivity index (χ1v) is 12.2. The minimum absolute atomic E-state index is 0. The van der Waals surface area contributed by atoms with Crippen molar-refractivity contribution in [2.24, 2.45) is 4.99 Å². The Labute approximate surface area is 204 Å². The number of aliphatic imine (C=N–C) groups is 1. The molecule has 178 valence electrons. The second-order valence-corrected chi connectivity index (χ2v) is 9.66. The van der Waals surface area contributed by atoms with Gasteiger partial charge in [0.25, 0.3) is 0 Å². The zero-order valence-electron chi connectivity index (χ0n) is 19.0. The number of nitrogens with zero attached hydrogens (tertiary/aromatic N) is 1. The molecule has 0 bridgehead atoms. The molecule has 1 saturated carbocycles. The molecule has 0 atom stereocenters. The molecule has 1 fully saturated rings. The van der Waals surface area contributed by atoms with Gasteiger partial charge in [-0.1, -0.05) is 25.3 Å². The van der Waals surface area contributed by atoms with Crippen molar-refractivity contribution in [1.82, 2.24) is 15.4 Å². The fraction of sp³-hybridized carbons (Fsp3) is 0.667. The van der Waals surface area contributed by atoms with Gasteiger partial charge in [0.15, 0.2) is 17.5 Å². The van der Waals surface area contributed by atoms with Crippen LogP contribution in [0, 0.1) is 0 Å². The molecule has 1 aromatic rings. The minimum atomic E-state index is -3.18. The number of hydrogen-bond donors (Lipinski definition) is 3. The average Bonchev–Trinajstić information content (AvgIpc) is 2.78. The van der Waals surface area contributed by atoms with Crippen molar-refractivity contribution in [3.05, 3.63) is 23.8 Å². The van der Waals surface area contributed by atoms with Crippen molar-refractivity contribution < 1.29 is 17.9 Å². The van der Waals surface area contributed by atoms with Crippen molar-refractivity contribution in [2.75, 3.05) is 46.7 Å². The van der Waals surface area contributed by atoms with E-state index in [1.807, 2.05) is 6.07 Å². The van der Waals surface area contributed by atoms with Gasteiger partial charge in [-0.25, -0.2) is 13.1 Å². The topological polar surface area (TPSA) is 101 Å². The third kappa shape index (κ3) is 7.98. The molecule has 0 radical (unpaired) electrons. The first-order chi connectivity index (χ1) is 14.4. The summed E-state index contributed by atoms with van der Waals surface area (Å²) in [6.07, 6.45) is 5.78. The van der Waals surface area contributed by atoms with E-state index in [4.69, 9.17) is 9.47 Å². The fourth-order valence-electron chi connectivity index (χ4n) is 3.93. The van der Waals surface area contributed by atoms with Gasteiger partial charge in [0.05, 0.1) is 20.0 Å². The van der Waals surface area contributed by atoms with Crippen molar-refractivity contribution in [3.63, 3.8) is 0 Å². The summed E-state index contributed by atoms with van der Waals surface area (Å²) in [5.41, 5.74) is 1.22. The van der Waals surface area contributed by atoms with Crippen LogP contribution in [0.25, 0.3) is 0 Å². The molecule has 10 heteroatoms. The lowest BCUT2D eigenvalue weighted by Crippen LogP contribution is -2.48. The number of rotatable bonds is 10. The summed E-state index contributed by atoms with van der Waals surface area (Å²) in [4.78, 5) is 4.28. The Morgan fingerprint density at radius 3 is 2.32 bits per heavy atom. The molecule has 1 aromatic carbocycles. The van der Waals surface area contributed by atoms with Crippen molar-refractivity contribution in [1.29, 1.82) is 0 Å². The van der Waals surface area contributed by atoms with Gasteiger partial charge >= 0.3 is 0 Å². The van der Waals surface area contributed by atoms with E-state index in [1.54, 1.807) is 28.2 Å². The van der Waals surface area contributed by atoms with Crippen LogP contribution in [0.3, 0.4) is 0 Å². The van der Waals surface area contributed by atoms with Crippen molar-refractivity contribution in [2.45, 2.75) is 44.4 Å². The molecule has 2 rings (SSSR count). The van der Waals surface area contributed by atoms with E-state index in [-0.39, 0.29) is 35.1 Å². The number of halogens is 1. The fourth-order valence-corrected chi connectivity index (χ4v) is 4.54. The second kappa shape index (κ2) is 13.3. The summed E-state index contributed by atoms with van der Waals surface area (Å²) >= 11 is 0. The lowest BCUT2D eigenvalue weighted by atomic mass is 9.69. The Balaban J connectivity index is 0.00000480. The number of hydrogen-bond acceptors (Lipinski definition) is 5. The highest BCUT2D eigenvalue weighted by Gasteiger charge is 2.34.